The topological polar surface area (TPSA) is 105 Å². The lowest BCUT2D eigenvalue weighted by Crippen LogP contribution is -2.50. The highest BCUT2D eigenvalue weighted by atomic mass is 32.2. The van der Waals surface area contributed by atoms with Gasteiger partial charge in [0.2, 0.25) is 21.8 Å². The van der Waals surface area contributed by atoms with Crippen LogP contribution in [0, 0.1) is 0 Å². The predicted octanol–water partition coefficient (Wildman–Crippen LogP) is 2.99. The highest BCUT2D eigenvalue weighted by Crippen LogP contribution is 2.34. The van der Waals surface area contributed by atoms with Crippen LogP contribution in [0.15, 0.2) is 48.5 Å². The van der Waals surface area contributed by atoms with E-state index in [4.69, 9.17) is 9.47 Å². The molecule has 2 amide bonds. The van der Waals surface area contributed by atoms with Crippen molar-refractivity contribution >= 4 is 27.5 Å². The number of hydrogen-bond acceptors (Lipinski definition) is 6. The van der Waals surface area contributed by atoms with Gasteiger partial charge in [-0.15, -0.1) is 0 Å². The molecule has 2 aromatic rings. The lowest BCUT2D eigenvalue weighted by atomic mass is 10.1. The first-order chi connectivity index (χ1) is 17.6. The number of benzene rings is 2. The van der Waals surface area contributed by atoms with Crippen LogP contribution in [0.4, 0.5) is 5.69 Å². The van der Waals surface area contributed by atoms with Crippen molar-refractivity contribution in [2.75, 3.05) is 36.9 Å². The summed E-state index contributed by atoms with van der Waals surface area (Å²) in [4.78, 5) is 27.6. The van der Waals surface area contributed by atoms with Crippen molar-refractivity contribution in [1.29, 1.82) is 0 Å². The minimum atomic E-state index is -3.60. The first-order valence-electron chi connectivity index (χ1n) is 12.6. The number of sulfonamides is 1. The fourth-order valence-corrected chi connectivity index (χ4v) is 5.12. The van der Waals surface area contributed by atoms with Gasteiger partial charge in [-0.25, -0.2) is 8.42 Å². The van der Waals surface area contributed by atoms with Gasteiger partial charge in [-0.3, -0.25) is 13.9 Å². The quantitative estimate of drug-likeness (QED) is 0.452. The van der Waals surface area contributed by atoms with Crippen molar-refractivity contribution in [3.05, 3.63) is 54.1 Å². The van der Waals surface area contributed by atoms with E-state index in [1.807, 2.05) is 44.2 Å². The Morgan fingerprint density at radius 2 is 1.65 bits per heavy atom. The van der Waals surface area contributed by atoms with E-state index < -0.39 is 16.1 Å². The zero-order chi connectivity index (χ0) is 27.0. The molecule has 0 radical (unpaired) electrons. The van der Waals surface area contributed by atoms with Gasteiger partial charge in [0.05, 0.1) is 11.9 Å². The summed E-state index contributed by atoms with van der Waals surface area (Å²) in [6.45, 7) is 6.80. The molecule has 0 fully saturated rings. The number of ether oxygens (including phenoxy) is 2. The normalized spacial score (nSPS) is 13.6. The van der Waals surface area contributed by atoms with E-state index in [1.54, 1.807) is 30.0 Å². The van der Waals surface area contributed by atoms with Crippen LogP contribution >= 0.6 is 0 Å². The minimum Gasteiger partial charge on any atom is -0.486 e. The highest BCUT2D eigenvalue weighted by molar-refractivity contribution is 7.92. The number of fused-ring (bicyclic) bond motifs is 1. The van der Waals surface area contributed by atoms with E-state index in [1.165, 1.54) is 4.31 Å². The van der Waals surface area contributed by atoms with Gasteiger partial charge < -0.3 is 19.7 Å². The Labute approximate surface area is 219 Å². The van der Waals surface area contributed by atoms with E-state index in [9.17, 15) is 18.0 Å². The summed E-state index contributed by atoms with van der Waals surface area (Å²) in [5.74, 6) is 0.648. The first-order valence-corrected chi connectivity index (χ1v) is 14.4. The van der Waals surface area contributed by atoms with Crippen LogP contribution in [0.25, 0.3) is 0 Å². The summed E-state index contributed by atoms with van der Waals surface area (Å²) < 4.78 is 37.5. The summed E-state index contributed by atoms with van der Waals surface area (Å²) in [7, 11) is -3.60. The molecule has 202 valence electrons. The van der Waals surface area contributed by atoms with Gasteiger partial charge in [0, 0.05) is 31.6 Å². The average Bonchev–Trinajstić information content (AvgIpc) is 2.85. The van der Waals surface area contributed by atoms with E-state index in [2.05, 4.69) is 5.32 Å². The first kappa shape index (κ1) is 28.3. The molecule has 0 unspecified atom stereocenters. The Balaban J connectivity index is 1.69. The lowest BCUT2D eigenvalue weighted by Gasteiger charge is -2.30. The molecule has 0 saturated carbocycles. The van der Waals surface area contributed by atoms with Crippen molar-refractivity contribution < 1.29 is 27.5 Å². The molecule has 9 nitrogen and oxygen atoms in total. The third-order valence-corrected chi connectivity index (χ3v) is 7.24. The fraction of sp³-hybridized carbons (Fsp3) is 0.481. The van der Waals surface area contributed by atoms with E-state index in [0.717, 1.165) is 11.8 Å². The maximum absolute atomic E-state index is 13.3. The van der Waals surface area contributed by atoms with Crippen molar-refractivity contribution in [2.24, 2.45) is 0 Å². The van der Waals surface area contributed by atoms with Gasteiger partial charge in [0.15, 0.2) is 11.5 Å². The van der Waals surface area contributed by atoms with Crippen LogP contribution < -0.4 is 19.1 Å². The molecule has 2 aromatic carbocycles. The van der Waals surface area contributed by atoms with E-state index >= 15 is 0 Å². The second-order valence-corrected chi connectivity index (χ2v) is 11.3. The highest BCUT2D eigenvalue weighted by Gasteiger charge is 2.27. The average molecular weight is 532 g/mol. The second-order valence-electron chi connectivity index (χ2n) is 9.43. The van der Waals surface area contributed by atoms with Crippen LogP contribution in [-0.2, 0) is 26.0 Å². The minimum absolute atomic E-state index is 0.0460. The van der Waals surface area contributed by atoms with Crippen molar-refractivity contribution in [3.63, 3.8) is 0 Å². The molecule has 0 saturated heterocycles. The molecule has 3 rings (SSSR count). The number of carbonyl (C=O) groups is 2. The molecule has 37 heavy (non-hydrogen) atoms. The smallest absolute Gasteiger partial charge is 0.242 e. The van der Waals surface area contributed by atoms with Crippen LogP contribution in [0.1, 0.15) is 39.2 Å². The molecule has 0 aliphatic carbocycles. The van der Waals surface area contributed by atoms with Gasteiger partial charge in [-0.1, -0.05) is 30.3 Å². The maximum Gasteiger partial charge on any atom is 0.242 e. The van der Waals surface area contributed by atoms with Crippen LogP contribution in [0.5, 0.6) is 11.5 Å². The summed E-state index contributed by atoms with van der Waals surface area (Å²) >= 11 is 0. The Kier molecular flexibility index (Phi) is 9.79. The zero-order valence-corrected chi connectivity index (χ0v) is 22.8. The second kappa shape index (κ2) is 12.8. The van der Waals surface area contributed by atoms with Crippen molar-refractivity contribution in [2.45, 2.75) is 52.1 Å². The predicted molar refractivity (Wildman–Crippen MR) is 143 cm³/mol. The molecule has 1 N–H and O–H groups in total. The van der Waals surface area contributed by atoms with Gasteiger partial charge in [0.1, 0.15) is 19.3 Å². The Morgan fingerprint density at radius 3 is 2.30 bits per heavy atom. The van der Waals surface area contributed by atoms with Crippen LogP contribution in [0.3, 0.4) is 0 Å². The number of anilines is 1. The summed E-state index contributed by atoms with van der Waals surface area (Å²) in [5, 5.41) is 2.87. The third-order valence-electron chi connectivity index (χ3n) is 6.05. The molecule has 1 aliphatic rings. The Bertz CT molecular complexity index is 1170. The monoisotopic (exact) mass is 531 g/mol. The number of rotatable bonds is 12. The lowest BCUT2D eigenvalue weighted by molar-refractivity contribution is -0.140. The molecule has 1 heterocycles. The van der Waals surface area contributed by atoms with Crippen molar-refractivity contribution in [3.8, 4) is 11.5 Å². The molecule has 1 aliphatic heterocycles. The zero-order valence-electron chi connectivity index (χ0n) is 22.0. The number of amides is 2. The Hall–Kier alpha value is -3.27. The fourth-order valence-electron chi connectivity index (χ4n) is 4.17. The molecule has 0 bridgehead atoms. The molecule has 10 heteroatoms. The largest absolute Gasteiger partial charge is 0.486 e. The van der Waals surface area contributed by atoms with E-state index in [0.29, 0.717) is 49.8 Å². The molecule has 0 aromatic heterocycles. The third kappa shape index (κ3) is 8.11. The van der Waals surface area contributed by atoms with Crippen LogP contribution in [0.2, 0.25) is 0 Å². The Morgan fingerprint density at radius 1 is 0.973 bits per heavy atom. The number of hydrogen-bond donors (Lipinski definition) is 1. The number of carbonyl (C=O) groups excluding carboxylic acids is 2. The van der Waals surface area contributed by atoms with Gasteiger partial charge in [-0.2, -0.15) is 0 Å². The van der Waals surface area contributed by atoms with Crippen molar-refractivity contribution in [1.82, 2.24) is 10.2 Å². The summed E-state index contributed by atoms with van der Waals surface area (Å²) in [5.41, 5.74) is 1.52. The number of nitrogens with one attached hydrogen (secondary N) is 1. The van der Waals surface area contributed by atoms with Gasteiger partial charge >= 0.3 is 0 Å². The molecule has 0 spiro atoms. The summed E-state index contributed by atoms with van der Waals surface area (Å²) in [6, 6.07) is 14.1. The van der Waals surface area contributed by atoms with Gasteiger partial charge in [-0.05, 0) is 51.3 Å². The number of nitrogens with zero attached hydrogens (tertiary/aromatic N) is 2. The molecule has 1 atom stereocenters. The summed E-state index contributed by atoms with van der Waals surface area (Å²) in [6.07, 6.45) is 2.14. The maximum atomic E-state index is 13.3. The molecular weight excluding hydrogens is 494 g/mol. The van der Waals surface area contributed by atoms with Gasteiger partial charge in [0.25, 0.3) is 0 Å². The standard InChI is InChI=1S/C27H37N3O6S/c1-20(2)28-27(32)21(3)29(16-14-22-9-6-5-7-10-22)26(31)11-8-15-30(37(4,33)34)23-12-13-24-25(19-23)36-18-17-35-24/h5-7,9-10,12-13,19-21H,8,11,14-18H2,1-4H3,(H,28,32)/t21-/m0/s1. The van der Waals surface area contributed by atoms with Crippen LogP contribution in [-0.4, -0.2) is 69.8 Å². The van der Waals surface area contributed by atoms with E-state index in [-0.39, 0.29) is 30.8 Å². The molecular formula is C27H37N3O6S. The SMILES string of the molecule is CC(C)NC(=O)[C@H](C)N(CCc1ccccc1)C(=O)CCCN(c1ccc2c(c1)OCCO2)S(C)(=O)=O.